The Labute approximate surface area is 182 Å². The van der Waals surface area contributed by atoms with Gasteiger partial charge in [-0.1, -0.05) is 56.7 Å². The molecular weight excluding hydrogens is 378 g/mol. The van der Waals surface area contributed by atoms with E-state index in [0.717, 1.165) is 32.1 Å². The number of hydrogen-bond acceptors (Lipinski definition) is 4. The molecule has 0 unspecified atom stereocenters. The molecule has 1 amide bonds. The van der Waals surface area contributed by atoms with Gasteiger partial charge < -0.3 is 14.8 Å². The van der Waals surface area contributed by atoms with Crippen LogP contribution in [-0.2, 0) is 20.7 Å². The standard InChI is InChI=1S/C25H39NO4/c1-7-19(2)22(23(27)29-6)17-11-10-15-20-13-8-9-14-21(20)16-12-18-26-24(28)30-25(3,4)5/h8-10,13-15,19,22H,7,11-12,16-18H2,1-6H3,(H,26,28)/b15-10+/t19-,22-/m0/s1. The molecule has 0 spiro atoms. The Kier molecular flexibility index (Phi) is 11.2. The Morgan fingerprint density at radius 3 is 2.53 bits per heavy atom. The Morgan fingerprint density at radius 2 is 1.90 bits per heavy atom. The first-order valence-corrected chi connectivity index (χ1v) is 11.0. The van der Waals surface area contributed by atoms with Crippen LogP contribution in [0, 0.1) is 11.8 Å². The van der Waals surface area contributed by atoms with Crippen LogP contribution in [0.2, 0.25) is 0 Å². The minimum absolute atomic E-state index is 0.0566. The van der Waals surface area contributed by atoms with Crippen LogP contribution < -0.4 is 5.32 Å². The molecule has 1 N–H and O–H groups in total. The monoisotopic (exact) mass is 417 g/mol. The number of aryl methyl sites for hydroxylation is 1. The minimum Gasteiger partial charge on any atom is -0.469 e. The molecule has 1 rings (SSSR count). The van der Waals surface area contributed by atoms with E-state index in [4.69, 9.17) is 9.47 Å². The maximum Gasteiger partial charge on any atom is 0.407 e. The van der Waals surface area contributed by atoms with E-state index >= 15 is 0 Å². The molecule has 5 heteroatoms. The number of methoxy groups -OCH3 is 1. The van der Waals surface area contributed by atoms with Gasteiger partial charge in [0.05, 0.1) is 13.0 Å². The number of ether oxygens (including phenoxy) is 2. The first-order chi connectivity index (χ1) is 14.2. The Hall–Kier alpha value is -2.30. The Bertz CT molecular complexity index is 691. The van der Waals surface area contributed by atoms with Gasteiger partial charge in [-0.2, -0.15) is 0 Å². The highest BCUT2D eigenvalue weighted by atomic mass is 16.6. The maximum atomic E-state index is 12.0. The third-order valence-corrected chi connectivity index (χ3v) is 5.12. The third kappa shape index (κ3) is 9.95. The highest BCUT2D eigenvalue weighted by molar-refractivity contribution is 5.72. The predicted molar refractivity (Wildman–Crippen MR) is 122 cm³/mol. The molecule has 1 aromatic rings. The van der Waals surface area contributed by atoms with Crippen LogP contribution in [0.3, 0.4) is 0 Å². The summed E-state index contributed by atoms with van der Waals surface area (Å²) >= 11 is 0. The van der Waals surface area contributed by atoms with E-state index in [1.54, 1.807) is 0 Å². The van der Waals surface area contributed by atoms with E-state index in [2.05, 4.69) is 43.4 Å². The summed E-state index contributed by atoms with van der Waals surface area (Å²) in [5, 5.41) is 2.80. The number of carbonyl (C=O) groups is 2. The summed E-state index contributed by atoms with van der Waals surface area (Å²) in [5.41, 5.74) is 1.93. The molecule has 0 aliphatic heterocycles. The van der Waals surface area contributed by atoms with Gasteiger partial charge in [-0.15, -0.1) is 0 Å². The number of carbonyl (C=O) groups excluding carboxylic acids is 2. The molecule has 0 aliphatic carbocycles. The number of nitrogens with one attached hydrogen (secondary N) is 1. The Balaban J connectivity index is 2.54. The number of hydrogen-bond donors (Lipinski definition) is 1. The van der Waals surface area contributed by atoms with Gasteiger partial charge in [0.15, 0.2) is 0 Å². The van der Waals surface area contributed by atoms with Crippen molar-refractivity contribution in [3.63, 3.8) is 0 Å². The molecular formula is C25H39NO4. The number of rotatable bonds is 11. The smallest absolute Gasteiger partial charge is 0.407 e. The van der Waals surface area contributed by atoms with Crippen molar-refractivity contribution in [3.8, 4) is 0 Å². The van der Waals surface area contributed by atoms with E-state index in [1.807, 2.05) is 32.9 Å². The summed E-state index contributed by atoms with van der Waals surface area (Å²) in [5.74, 6) is 0.144. The van der Waals surface area contributed by atoms with E-state index in [9.17, 15) is 9.59 Å². The molecule has 0 bridgehead atoms. The predicted octanol–water partition coefficient (Wildman–Crippen LogP) is 5.77. The van der Waals surface area contributed by atoms with E-state index in [0.29, 0.717) is 12.5 Å². The quantitative estimate of drug-likeness (QED) is 0.366. The number of esters is 1. The molecule has 0 aromatic heterocycles. The van der Waals surface area contributed by atoms with Crippen LogP contribution in [0.25, 0.3) is 6.08 Å². The van der Waals surface area contributed by atoms with Crippen molar-refractivity contribution in [2.45, 2.75) is 72.3 Å². The third-order valence-electron chi connectivity index (χ3n) is 5.12. The zero-order valence-corrected chi connectivity index (χ0v) is 19.5. The fourth-order valence-electron chi connectivity index (χ4n) is 3.26. The zero-order valence-electron chi connectivity index (χ0n) is 19.5. The summed E-state index contributed by atoms with van der Waals surface area (Å²) < 4.78 is 10.2. The minimum atomic E-state index is -0.483. The lowest BCUT2D eigenvalue weighted by Crippen LogP contribution is -2.33. The highest BCUT2D eigenvalue weighted by Gasteiger charge is 2.23. The van der Waals surface area contributed by atoms with Crippen molar-refractivity contribution < 1.29 is 19.1 Å². The van der Waals surface area contributed by atoms with Gasteiger partial charge in [0.1, 0.15) is 5.60 Å². The number of benzene rings is 1. The molecule has 0 heterocycles. The van der Waals surface area contributed by atoms with Crippen molar-refractivity contribution in [1.29, 1.82) is 0 Å². The van der Waals surface area contributed by atoms with Crippen LogP contribution >= 0.6 is 0 Å². The van der Waals surface area contributed by atoms with Gasteiger partial charge in [-0.25, -0.2) is 4.79 Å². The average molecular weight is 418 g/mol. The molecule has 2 atom stereocenters. The summed E-state index contributed by atoms with van der Waals surface area (Å²) in [7, 11) is 1.46. The normalized spacial score (nSPS) is 13.7. The largest absolute Gasteiger partial charge is 0.469 e. The Morgan fingerprint density at radius 1 is 1.20 bits per heavy atom. The second-order valence-corrected chi connectivity index (χ2v) is 8.73. The van der Waals surface area contributed by atoms with Crippen LogP contribution in [0.4, 0.5) is 4.79 Å². The fraction of sp³-hybridized carbons (Fsp3) is 0.600. The number of allylic oxidation sites excluding steroid dienone is 1. The van der Waals surface area contributed by atoms with E-state index < -0.39 is 5.60 Å². The second-order valence-electron chi connectivity index (χ2n) is 8.73. The highest BCUT2D eigenvalue weighted by Crippen LogP contribution is 2.23. The molecule has 5 nitrogen and oxygen atoms in total. The summed E-state index contributed by atoms with van der Waals surface area (Å²) in [6.45, 7) is 10.3. The summed E-state index contributed by atoms with van der Waals surface area (Å²) in [6, 6.07) is 8.27. The van der Waals surface area contributed by atoms with Crippen molar-refractivity contribution in [1.82, 2.24) is 5.32 Å². The molecule has 1 aromatic carbocycles. The lowest BCUT2D eigenvalue weighted by atomic mass is 9.88. The first kappa shape index (κ1) is 25.7. The molecule has 0 radical (unpaired) electrons. The topological polar surface area (TPSA) is 64.6 Å². The van der Waals surface area contributed by atoms with Gasteiger partial charge in [-0.05, 0) is 63.5 Å². The first-order valence-electron chi connectivity index (χ1n) is 11.0. The lowest BCUT2D eigenvalue weighted by molar-refractivity contribution is -0.147. The van der Waals surface area contributed by atoms with E-state index in [1.165, 1.54) is 18.2 Å². The molecule has 0 fully saturated rings. The van der Waals surface area contributed by atoms with Crippen molar-refractivity contribution in [2.24, 2.45) is 11.8 Å². The number of alkyl carbamates (subject to hydrolysis) is 1. The van der Waals surface area contributed by atoms with Gasteiger partial charge in [-0.3, -0.25) is 4.79 Å². The molecule has 30 heavy (non-hydrogen) atoms. The van der Waals surface area contributed by atoms with Gasteiger partial charge >= 0.3 is 12.1 Å². The average Bonchev–Trinajstić information content (AvgIpc) is 2.69. The maximum absolute atomic E-state index is 12.0. The molecule has 0 aliphatic rings. The van der Waals surface area contributed by atoms with Crippen LogP contribution in [0.15, 0.2) is 30.3 Å². The van der Waals surface area contributed by atoms with Crippen molar-refractivity contribution in [2.75, 3.05) is 13.7 Å². The fourth-order valence-corrected chi connectivity index (χ4v) is 3.26. The summed E-state index contributed by atoms with van der Waals surface area (Å²) in [6.07, 6.45) is 8.17. The van der Waals surface area contributed by atoms with Gasteiger partial charge in [0.2, 0.25) is 0 Å². The molecule has 0 saturated carbocycles. The molecule has 0 saturated heterocycles. The second kappa shape index (κ2) is 13.1. The van der Waals surface area contributed by atoms with E-state index in [-0.39, 0.29) is 18.0 Å². The lowest BCUT2D eigenvalue weighted by Gasteiger charge is -2.19. The molecule has 168 valence electrons. The van der Waals surface area contributed by atoms with Crippen LogP contribution in [0.1, 0.15) is 71.4 Å². The van der Waals surface area contributed by atoms with Gasteiger partial charge in [0, 0.05) is 6.54 Å². The summed E-state index contributed by atoms with van der Waals surface area (Å²) in [4.78, 5) is 23.7. The number of amides is 1. The van der Waals surface area contributed by atoms with Gasteiger partial charge in [0.25, 0.3) is 0 Å². The zero-order chi connectivity index (χ0) is 22.6. The van der Waals surface area contributed by atoms with Crippen LogP contribution in [0.5, 0.6) is 0 Å². The van der Waals surface area contributed by atoms with Crippen LogP contribution in [-0.4, -0.2) is 31.3 Å². The van der Waals surface area contributed by atoms with Crippen molar-refractivity contribution >= 4 is 18.1 Å². The van der Waals surface area contributed by atoms with Crippen molar-refractivity contribution in [3.05, 3.63) is 41.5 Å². The SMILES string of the molecule is CC[C@H](C)[C@H](CC/C=C/c1ccccc1CCCNC(=O)OC(C)(C)C)C(=O)OC.